The molecule has 0 amide bonds. The number of aryl methyl sites for hydroxylation is 2. The minimum absolute atomic E-state index is 0.816. The predicted molar refractivity (Wildman–Crippen MR) is 235 cm³/mol. The number of nitrogens with zero attached hydrogens (tertiary/aromatic N) is 2. The van der Waals surface area contributed by atoms with E-state index in [1.807, 2.05) is 0 Å². The number of furan rings is 2. The Morgan fingerprint density at radius 1 is 0.286 bits per heavy atom. The molecule has 0 spiro atoms. The molecule has 11 rings (SSSR count). The van der Waals surface area contributed by atoms with Gasteiger partial charge in [-0.2, -0.15) is 0 Å². The van der Waals surface area contributed by atoms with Crippen LogP contribution in [-0.4, -0.2) is 0 Å². The van der Waals surface area contributed by atoms with Gasteiger partial charge in [-0.25, -0.2) is 0 Å². The zero-order chi connectivity index (χ0) is 37.3. The fourth-order valence-electron chi connectivity index (χ4n) is 8.37. The van der Waals surface area contributed by atoms with Gasteiger partial charge >= 0.3 is 0 Å². The van der Waals surface area contributed by atoms with E-state index >= 15 is 0 Å². The van der Waals surface area contributed by atoms with E-state index in [2.05, 4.69) is 206 Å². The first-order valence-electron chi connectivity index (χ1n) is 19.1. The summed E-state index contributed by atoms with van der Waals surface area (Å²) in [7, 11) is 0. The highest BCUT2D eigenvalue weighted by Gasteiger charge is 2.18. The minimum atomic E-state index is 0.816. The smallest absolute Gasteiger partial charge is 0.139 e. The first-order valence-corrected chi connectivity index (χ1v) is 19.1. The lowest BCUT2D eigenvalue weighted by Crippen LogP contribution is -2.09. The van der Waals surface area contributed by atoms with Crippen molar-refractivity contribution in [3.8, 4) is 0 Å². The van der Waals surface area contributed by atoms with Crippen molar-refractivity contribution < 1.29 is 8.83 Å². The summed E-state index contributed by atoms with van der Waals surface area (Å²) in [6.45, 7) is 4.27. The first kappa shape index (κ1) is 32.2. The average molecular weight is 721 g/mol. The molecule has 0 radical (unpaired) electrons. The van der Waals surface area contributed by atoms with Crippen molar-refractivity contribution in [1.29, 1.82) is 0 Å². The molecule has 2 heterocycles. The Balaban J connectivity index is 1.01. The molecule has 56 heavy (non-hydrogen) atoms. The summed E-state index contributed by atoms with van der Waals surface area (Å²) in [6, 6.07) is 64.9. The number of hydrogen-bond donors (Lipinski definition) is 0. The average Bonchev–Trinajstić information content (AvgIpc) is 3.74. The fraction of sp³-hybridized carbons (Fsp3) is 0.0385. The lowest BCUT2D eigenvalue weighted by molar-refractivity contribution is 0.656. The number of hydrogen-bond acceptors (Lipinski definition) is 4. The van der Waals surface area contributed by atoms with Crippen molar-refractivity contribution >= 4 is 99.5 Å². The first-order chi connectivity index (χ1) is 27.5. The van der Waals surface area contributed by atoms with E-state index in [0.29, 0.717) is 0 Å². The van der Waals surface area contributed by atoms with Crippen LogP contribution in [0.5, 0.6) is 0 Å². The molecule has 266 valence electrons. The SMILES string of the molecule is Cc1cccc(N(c2ccccc2)c2ccc3cc4c(cc3c2)oc2cc3oc5cc6cc(N(c7ccccc7)c7cccc(C)c7)ccc6cc5c3cc24)c1. The van der Waals surface area contributed by atoms with Crippen LogP contribution in [0.25, 0.3) is 65.4 Å². The monoisotopic (exact) mass is 720 g/mol. The maximum Gasteiger partial charge on any atom is 0.139 e. The van der Waals surface area contributed by atoms with E-state index in [9.17, 15) is 0 Å². The van der Waals surface area contributed by atoms with Crippen molar-refractivity contribution in [2.75, 3.05) is 9.80 Å². The number of para-hydroxylation sites is 2. The van der Waals surface area contributed by atoms with Crippen molar-refractivity contribution in [2.24, 2.45) is 0 Å². The second-order valence-electron chi connectivity index (χ2n) is 14.8. The number of benzene rings is 9. The summed E-state index contributed by atoms with van der Waals surface area (Å²) in [4.78, 5) is 4.62. The van der Waals surface area contributed by atoms with Gasteiger partial charge in [0.15, 0.2) is 0 Å². The second kappa shape index (κ2) is 12.6. The number of rotatable bonds is 6. The van der Waals surface area contributed by atoms with Crippen LogP contribution in [0.3, 0.4) is 0 Å². The Labute approximate surface area is 324 Å². The minimum Gasteiger partial charge on any atom is -0.456 e. The molecule has 0 N–H and O–H groups in total. The van der Waals surface area contributed by atoms with Gasteiger partial charge < -0.3 is 18.6 Å². The molecular weight excluding hydrogens is 685 g/mol. The van der Waals surface area contributed by atoms with Crippen molar-refractivity contribution in [3.05, 3.63) is 193 Å². The summed E-state index contributed by atoms with van der Waals surface area (Å²) in [5, 5.41) is 8.92. The number of anilines is 6. The highest BCUT2D eigenvalue weighted by atomic mass is 16.3. The van der Waals surface area contributed by atoms with Gasteiger partial charge in [0.2, 0.25) is 0 Å². The molecule has 0 saturated carbocycles. The quantitative estimate of drug-likeness (QED) is 0.171. The number of fused-ring (bicyclic) bond motifs is 8. The molecule has 0 aliphatic carbocycles. The van der Waals surface area contributed by atoms with Crippen molar-refractivity contribution in [1.82, 2.24) is 0 Å². The van der Waals surface area contributed by atoms with Crippen LogP contribution in [0.4, 0.5) is 34.1 Å². The van der Waals surface area contributed by atoms with E-state index in [4.69, 9.17) is 8.83 Å². The van der Waals surface area contributed by atoms with Gasteiger partial charge in [0.1, 0.15) is 22.3 Å². The molecule has 2 aromatic heterocycles. The lowest BCUT2D eigenvalue weighted by atomic mass is 10.0. The van der Waals surface area contributed by atoms with Crippen LogP contribution in [0.1, 0.15) is 11.1 Å². The third kappa shape index (κ3) is 5.38. The van der Waals surface area contributed by atoms with Crippen LogP contribution in [0.2, 0.25) is 0 Å². The van der Waals surface area contributed by atoms with Crippen LogP contribution in [-0.2, 0) is 0 Å². The molecule has 0 aliphatic heterocycles. The summed E-state index contributed by atoms with van der Waals surface area (Å²) in [5.41, 5.74) is 12.5. The highest BCUT2D eigenvalue weighted by Crippen LogP contribution is 2.42. The van der Waals surface area contributed by atoms with Gasteiger partial charge in [-0.3, -0.25) is 0 Å². The molecule has 9 aromatic carbocycles. The van der Waals surface area contributed by atoms with E-state index in [0.717, 1.165) is 99.5 Å². The topological polar surface area (TPSA) is 32.8 Å². The molecule has 4 nitrogen and oxygen atoms in total. The Morgan fingerprint density at radius 2 is 0.679 bits per heavy atom. The molecule has 0 bridgehead atoms. The lowest BCUT2D eigenvalue weighted by Gasteiger charge is -2.26. The van der Waals surface area contributed by atoms with E-state index < -0.39 is 0 Å². The summed E-state index contributed by atoms with van der Waals surface area (Å²) in [5.74, 6) is 0. The molecule has 0 aliphatic rings. The van der Waals surface area contributed by atoms with Crippen LogP contribution < -0.4 is 9.80 Å². The normalized spacial score (nSPS) is 11.8. The van der Waals surface area contributed by atoms with Gasteiger partial charge in [0.25, 0.3) is 0 Å². The third-order valence-corrected chi connectivity index (χ3v) is 11.0. The molecule has 0 unspecified atom stereocenters. The largest absolute Gasteiger partial charge is 0.456 e. The zero-order valence-electron chi connectivity index (χ0n) is 31.0. The Morgan fingerprint density at radius 3 is 1.12 bits per heavy atom. The molecule has 11 aromatic rings. The van der Waals surface area contributed by atoms with Gasteiger partial charge in [-0.1, -0.05) is 72.8 Å². The van der Waals surface area contributed by atoms with Gasteiger partial charge in [-0.15, -0.1) is 0 Å². The molecule has 0 fully saturated rings. The standard InChI is InChI=1S/C52H36N2O2/c1-33-11-9-17-41(23-33)53(39-13-5-3-6-14-39)43-21-19-35-27-45-47-31-48-46-28-36-20-22-44(54(40-15-7-4-8-16-40)42-18-10-12-34(2)24-42)26-38(36)30-50(46)56-52(48)32-51(47)55-49(45)29-37(35)25-43/h3-32H,1-2H3. The van der Waals surface area contributed by atoms with Crippen LogP contribution in [0.15, 0.2) is 191 Å². The molecular formula is C52H36N2O2. The van der Waals surface area contributed by atoms with Crippen molar-refractivity contribution in [3.63, 3.8) is 0 Å². The van der Waals surface area contributed by atoms with Crippen molar-refractivity contribution in [2.45, 2.75) is 13.8 Å². The van der Waals surface area contributed by atoms with Gasteiger partial charge in [0, 0.05) is 61.7 Å². The Kier molecular flexibility index (Phi) is 7.26. The molecule has 4 heteroatoms. The maximum absolute atomic E-state index is 6.58. The maximum atomic E-state index is 6.58. The zero-order valence-corrected chi connectivity index (χ0v) is 31.0. The Bertz CT molecular complexity index is 3070. The fourth-order valence-corrected chi connectivity index (χ4v) is 8.37. The summed E-state index contributed by atoms with van der Waals surface area (Å²) in [6.07, 6.45) is 0. The van der Waals surface area contributed by atoms with Crippen LogP contribution in [0, 0.1) is 13.8 Å². The predicted octanol–water partition coefficient (Wildman–Crippen LogP) is 15.3. The third-order valence-electron chi connectivity index (χ3n) is 11.0. The highest BCUT2D eigenvalue weighted by molar-refractivity contribution is 6.18. The van der Waals surface area contributed by atoms with E-state index in [1.165, 1.54) is 11.1 Å². The van der Waals surface area contributed by atoms with Gasteiger partial charge in [-0.05, 0) is 150 Å². The second-order valence-corrected chi connectivity index (χ2v) is 14.8. The van der Waals surface area contributed by atoms with E-state index in [1.54, 1.807) is 0 Å². The molecule has 0 atom stereocenters. The summed E-state index contributed by atoms with van der Waals surface area (Å²) >= 11 is 0. The Hall–Kier alpha value is -7.30. The van der Waals surface area contributed by atoms with E-state index in [-0.39, 0.29) is 0 Å². The van der Waals surface area contributed by atoms with Gasteiger partial charge in [0.05, 0.1) is 0 Å². The van der Waals surface area contributed by atoms with Crippen LogP contribution >= 0.6 is 0 Å². The summed E-state index contributed by atoms with van der Waals surface area (Å²) < 4.78 is 13.2. The molecule has 0 saturated heterocycles.